The van der Waals surface area contributed by atoms with Gasteiger partial charge in [-0.05, 0) is 30.7 Å². The summed E-state index contributed by atoms with van der Waals surface area (Å²) in [6.07, 6.45) is -3.85. The number of aromatic nitrogens is 2. The molecule has 0 amide bonds. The van der Waals surface area contributed by atoms with Crippen LogP contribution in [-0.4, -0.2) is 36.1 Å². The zero-order valence-corrected chi connectivity index (χ0v) is 17.1. The SMILES string of the molecule is Cc1nc(N2CCN(c3cccc(C(F)(F)F)c3)CC2)[nH]c(=O)c1Cc1ccccc1. The molecule has 1 N–H and O–H groups in total. The third kappa shape index (κ3) is 4.73. The van der Waals surface area contributed by atoms with Crippen molar-refractivity contribution in [2.24, 2.45) is 0 Å². The second kappa shape index (κ2) is 8.45. The lowest BCUT2D eigenvalue weighted by atomic mass is 10.1. The Bertz CT molecular complexity index is 1100. The first-order valence-corrected chi connectivity index (χ1v) is 10.1. The van der Waals surface area contributed by atoms with E-state index in [0.717, 1.165) is 11.6 Å². The Hall–Kier alpha value is -3.29. The van der Waals surface area contributed by atoms with Crippen molar-refractivity contribution in [2.75, 3.05) is 36.0 Å². The molecule has 0 radical (unpaired) electrons. The van der Waals surface area contributed by atoms with Crippen LogP contribution in [0.25, 0.3) is 0 Å². The average molecular weight is 428 g/mol. The monoisotopic (exact) mass is 428 g/mol. The molecular weight excluding hydrogens is 405 g/mol. The molecular formula is C23H23F3N4O. The molecule has 5 nitrogen and oxygen atoms in total. The minimum atomic E-state index is -4.36. The maximum Gasteiger partial charge on any atom is 0.416 e. The van der Waals surface area contributed by atoms with Gasteiger partial charge in [0.25, 0.3) is 5.56 Å². The highest BCUT2D eigenvalue weighted by atomic mass is 19.4. The van der Waals surface area contributed by atoms with Gasteiger partial charge in [0.05, 0.1) is 11.3 Å². The van der Waals surface area contributed by atoms with Gasteiger partial charge in [-0.1, -0.05) is 36.4 Å². The van der Waals surface area contributed by atoms with Crippen LogP contribution in [0, 0.1) is 6.92 Å². The smallest absolute Gasteiger partial charge is 0.368 e. The third-order valence-electron chi connectivity index (χ3n) is 5.55. The van der Waals surface area contributed by atoms with Crippen LogP contribution in [0.2, 0.25) is 0 Å². The Labute approximate surface area is 178 Å². The summed E-state index contributed by atoms with van der Waals surface area (Å²) >= 11 is 0. The molecule has 162 valence electrons. The van der Waals surface area contributed by atoms with Crippen LogP contribution < -0.4 is 15.4 Å². The lowest BCUT2D eigenvalue weighted by Gasteiger charge is -2.36. The van der Waals surface area contributed by atoms with E-state index in [1.54, 1.807) is 6.07 Å². The summed E-state index contributed by atoms with van der Waals surface area (Å²) in [5, 5.41) is 0. The summed E-state index contributed by atoms with van der Waals surface area (Å²) in [6.45, 7) is 4.01. The number of nitrogens with one attached hydrogen (secondary N) is 1. The summed E-state index contributed by atoms with van der Waals surface area (Å²) in [7, 11) is 0. The molecule has 0 saturated carbocycles. The number of piperazine rings is 1. The summed E-state index contributed by atoms with van der Waals surface area (Å²) < 4.78 is 39.0. The number of aryl methyl sites for hydroxylation is 1. The van der Waals surface area contributed by atoms with Crippen molar-refractivity contribution in [3.8, 4) is 0 Å². The molecule has 0 bridgehead atoms. The number of nitrogens with zero attached hydrogens (tertiary/aromatic N) is 3. The highest BCUT2D eigenvalue weighted by molar-refractivity contribution is 5.51. The molecule has 0 aliphatic carbocycles. The molecule has 3 aromatic rings. The molecule has 31 heavy (non-hydrogen) atoms. The van der Waals surface area contributed by atoms with Gasteiger partial charge >= 0.3 is 6.18 Å². The van der Waals surface area contributed by atoms with Crippen LogP contribution in [0.5, 0.6) is 0 Å². The normalized spacial score (nSPS) is 14.7. The van der Waals surface area contributed by atoms with E-state index >= 15 is 0 Å². The van der Waals surface area contributed by atoms with Crippen LogP contribution in [-0.2, 0) is 12.6 Å². The van der Waals surface area contributed by atoms with Crippen LogP contribution in [0.4, 0.5) is 24.8 Å². The molecule has 2 heterocycles. The number of aromatic amines is 1. The molecule has 4 rings (SSSR count). The lowest BCUT2D eigenvalue weighted by Crippen LogP contribution is -2.47. The van der Waals surface area contributed by atoms with Gasteiger partial charge in [0.15, 0.2) is 0 Å². The Kier molecular flexibility index (Phi) is 5.71. The van der Waals surface area contributed by atoms with E-state index in [4.69, 9.17) is 0 Å². The van der Waals surface area contributed by atoms with Crippen LogP contribution >= 0.6 is 0 Å². The van der Waals surface area contributed by atoms with Gasteiger partial charge in [0.1, 0.15) is 0 Å². The highest BCUT2D eigenvalue weighted by Crippen LogP contribution is 2.32. The topological polar surface area (TPSA) is 52.2 Å². The quantitative estimate of drug-likeness (QED) is 0.682. The van der Waals surface area contributed by atoms with Crippen molar-refractivity contribution < 1.29 is 13.2 Å². The van der Waals surface area contributed by atoms with Crippen molar-refractivity contribution >= 4 is 11.6 Å². The van der Waals surface area contributed by atoms with E-state index in [1.807, 2.05) is 47.1 Å². The fourth-order valence-corrected chi connectivity index (χ4v) is 3.81. The number of hydrogen-bond acceptors (Lipinski definition) is 4. The maximum absolute atomic E-state index is 13.0. The number of halogens is 3. The molecule has 0 spiro atoms. The maximum atomic E-state index is 13.0. The van der Waals surface area contributed by atoms with Gasteiger partial charge in [0.2, 0.25) is 5.95 Å². The minimum Gasteiger partial charge on any atom is -0.368 e. The summed E-state index contributed by atoms with van der Waals surface area (Å²) in [6, 6.07) is 15.1. The average Bonchev–Trinajstić information content (AvgIpc) is 2.76. The molecule has 0 unspecified atom stereocenters. The Morgan fingerprint density at radius 3 is 2.29 bits per heavy atom. The summed E-state index contributed by atoms with van der Waals surface area (Å²) in [5.74, 6) is 0.503. The molecule has 1 aliphatic rings. The van der Waals surface area contributed by atoms with Crippen molar-refractivity contribution in [3.63, 3.8) is 0 Å². The Morgan fingerprint density at radius 2 is 1.65 bits per heavy atom. The lowest BCUT2D eigenvalue weighted by molar-refractivity contribution is -0.137. The molecule has 1 aromatic heterocycles. The third-order valence-corrected chi connectivity index (χ3v) is 5.55. The van der Waals surface area contributed by atoms with Crippen LogP contribution in [0.15, 0.2) is 59.4 Å². The number of alkyl halides is 3. The number of benzene rings is 2. The van der Waals surface area contributed by atoms with Crippen LogP contribution in [0.3, 0.4) is 0 Å². The Balaban J connectivity index is 1.46. The largest absolute Gasteiger partial charge is 0.416 e. The summed E-state index contributed by atoms with van der Waals surface area (Å²) in [4.78, 5) is 24.0. The van der Waals surface area contributed by atoms with Gasteiger partial charge in [-0.2, -0.15) is 13.2 Å². The first-order chi connectivity index (χ1) is 14.8. The molecule has 1 aliphatic heterocycles. The van der Waals surface area contributed by atoms with E-state index in [1.165, 1.54) is 12.1 Å². The van der Waals surface area contributed by atoms with Crippen molar-refractivity contribution in [2.45, 2.75) is 19.5 Å². The van der Waals surface area contributed by atoms with Crippen molar-refractivity contribution in [1.82, 2.24) is 9.97 Å². The molecule has 1 saturated heterocycles. The number of rotatable bonds is 4. The number of anilines is 2. The van der Waals surface area contributed by atoms with E-state index < -0.39 is 11.7 Å². The van der Waals surface area contributed by atoms with Gasteiger partial charge in [-0.3, -0.25) is 9.78 Å². The molecule has 2 aromatic carbocycles. The zero-order chi connectivity index (χ0) is 22.0. The first kappa shape index (κ1) is 21.0. The summed E-state index contributed by atoms with van der Waals surface area (Å²) in [5.41, 5.74) is 2.10. The first-order valence-electron chi connectivity index (χ1n) is 10.1. The number of H-pyrrole nitrogens is 1. The van der Waals surface area contributed by atoms with Gasteiger partial charge in [-0.25, -0.2) is 4.98 Å². The molecule has 8 heteroatoms. The predicted octanol–water partition coefficient (Wildman–Crippen LogP) is 4.01. The van der Waals surface area contributed by atoms with Gasteiger partial charge < -0.3 is 9.80 Å². The van der Waals surface area contributed by atoms with E-state index in [9.17, 15) is 18.0 Å². The molecule has 0 atom stereocenters. The van der Waals surface area contributed by atoms with Crippen molar-refractivity contribution in [3.05, 3.63) is 87.3 Å². The fraction of sp³-hybridized carbons (Fsp3) is 0.304. The minimum absolute atomic E-state index is 0.160. The molecule has 1 fully saturated rings. The van der Waals surface area contributed by atoms with Crippen LogP contribution in [0.1, 0.15) is 22.4 Å². The second-order valence-electron chi connectivity index (χ2n) is 7.64. The van der Waals surface area contributed by atoms with E-state index in [0.29, 0.717) is 55.5 Å². The van der Waals surface area contributed by atoms with Crippen molar-refractivity contribution in [1.29, 1.82) is 0 Å². The van der Waals surface area contributed by atoms with E-state index in [-0.39, 0.29) is 5.56 Å². The second-order valence-corrected chi connectivity index (χ2v) is 7.64. The standard InChI is InChI=1S/C23H23F3N4O/c1-16-20(14-17-6-3-2-4-7-17)21(31)28-22(27-16)30-12-10-29(11-13-30)19-9-5-8-18(15-19)23(24,25)26/h2-9,15H,10-14H2,1H3,(H,27,28,31). The van der Waals surface area contributed by atoms with E-state index in [2.05, 4.69) is 9.97 Å². The number of hydrogen-bond donors (Lipinski definition) is 1. The Morgan fingerprint density at radius 1 is 0.968 bits per heavy atom. The fourth-order valence-electron chi connectivity index (χ4n) is 3.81. The van der Waals surface area contributed by atoms with Gasteiger partial charge in [-0.15, -0.1) is 0 Å². The highest BCUT2D eigenvalue weighted by Gasteiger charge is 2.31. The predicted molar refractivity (Wildman–Crippen MR) is 115 cm³/mol. The van der Waals surface area contributed by atoms with Gasteiger partial charge in [0, 0.05) is 43.9 Å². The zero-order valence-electron chi connectivity index (χ0n) is 17.1.